The Morgan fingerprint density at radius 1 is 0.769 bits per heavy atom. The van der Waals surface area contributed by atoms with E-state index in [2.05, 4.69) is 0 Å². The molecule has 3 rings (SSSR count). The fraction of sp³-hybridized carbons (Fsp3) is 0.105. The van der Waals surface area contributed by atoms with Crippen LogP contribution in [0.3, 0.4) is 0 Å². The molecule has 134 valence electrons. The Hall–Kier alpha value is -2.96. The van der Waals surface area contributed by atoms with Crippen LogP contribution in [0.1, 0.15) is 11.1 Å². The van der Waals surface area contributed by atoms with Crippen LogP contribution >= 0.6 is 0 Å². The third-order valence-electron chi connectivity index (χ3n) is 3.89. The lowest BCUT2D eigenvalue weighted by molar-refractivity contribution is -0.144. The number of carbonyl (C=O) groups excluding carboxylic acids is 1. The zero-order chi connectivity index (χ0) is 18.8. The van der Waals surface area contributed by atoms with E-state index < -0.39 is 47.2 Å². The number of benzene rings is 3. The third-order valence-corrected chi connectivity index (χ3v) is 3.89. The highest BCUT2D eigenvalue weighted by molar-refractivity contribution is 5.88. The monoisotopic (exact) mass is 366 g/mol. The van der Waals surface area contributed by atoms with Gasteiger partial charge >= 0.3 is 5.97 Å². The first-order valence-corrected chi connectivity index (χ1v) is 7.52. The number of rotatable bonds is 4. The number of hydrogen-bond donors (Lipinski definition) is 0. The van der Waals surface area contributed by atoms with Gasteiger partial charge in [0, 0.05) is 0 Å². The van der Waals surface area contributed by atoms with Crippen LogP contribution in [0.5, 0.6) is 0 Å². The summed E-state index contributed by atoms with van der Waals surface area (Å²) in [5, 5.41) is 1.68. The van der Waals surface area contributed by atoms with Crippen molar-refractivity contribution in [2.75, 3.05) is 0 Å². The van der Waals surface area contributed by atoms with E-state index in [4.69, 9.17) is 4.74 Å². The molecule has 0 unspecified atom stereocenters. The molecular weight excluding hydrogens is 355 g/mol. The molecule has 3 aromatic rings. The van der Waals surface area contributed by atoms with Crippen molar-refractivity contribution in [1.29, 1.82) is 0 Å². The van der Waals surface area contributed by atoms with Gasteiger partial charge in [-0.2, -0.15) is 0 Å². The molecule has 0 heterocycles. The van der Waals surface area contributed by atoms with Crippen molar-refractivity contribution >= 4 is 16.7 Å². The summed E-state index contributed by atoms with van der Waals surface area (Å²) in [6.45, 7) is -1.06. The van der Waals surface area contributed by atoms with Crippen molar-refractivity contribution in [3.63, 3.8) is 0 Å². The molecule has 0 aromatic heterocycles. The summed E-state index contributed by atoms with van der Waals surface area (Å²) < 4.78 is 71.2. The van der Waals surface area contributed by atoms with Gasteiger partial charge in [-0.3, -0.25) is 4.79 Å². The summed E-state index contributed by atoms with van der Waals surface area (Å²) in [7, 11) is 0. The third kappa shape index (κ3) is 3.24. The number of carbonyl (C=O) groups is 1. The molecule has 0 spiro atoms. The summed E-state index contributed by atoms with van der Waals surface area (Å²) in [6, 6.07) is 12.5. The zero-order valence-electron chi connectivity index (χ0n) is 13.2. The predicted molar refractivity (Wildman–Crippen MR) is 83.7 cm³/mol. The van der Waals surface area contributed by atoms with Gasteiger partial charge in [-0.1, -0.05) is 42.5 Å². The molecule has 0 atom stereocenters. The second kappa shape index (κ2) is 7.11. The molecule has 0 aliphatic rings. The highest BCUT2D eigenvalue weighted by Crippen LogP contribution is 2.24. The standard InChI is InChI=1S/C19H11F5O2/c20-15-13(16(21)18(23)19(24)17(15)22)9-26-14(25)8-11-6-3-5-10-4-1-2-7-12(10)11/h1-7H,8-9H2. The van der Waals surface area contributed by atoms with Gasteiger partial charge < -0.3 is 4.74 Å². The minimum Gasteiger partial charge on any atom is -0.460 e. The Labute approximate surface area is 144 Å². The summed E-state index contributed by atoms with van der Waals surface area (Å²) in [5.74, 6) is -11.3. The number of hydrogen-bond acceptors (Lipinski definition) is 2. The number of fused-ring (bicyclic) bond motifs is 1. The van der Waals surface area contributed by atoms with Gasteiger partial charge in [-0.15, -0.1) is 0 Å². The SMILES string of the molecule is O=C(Cc1cccc2ccccc12)OCc1c(F)c(F)c(F)c(F)c1F. The number of ether oxygens (including phenoxy) is 1. The second-order valence-corrected chi connectivity index (χ2v) is 5.52. The maximum absolute atomic E-state index is 13.6. The maximum Gasteiger partial charge on any atom is 0.310 e. The first-order valence-electron chi connectivity index (χ1n) is 7.52. The first kappa shape index (κ1) is 17.8. The van der Waals surface area contributed by atoms with Gasteiger partial charge in [0.15, 0.2) is 23.3 Å². The van der Waals surface area contributed by atoms with Crippen molar-refractivity contribution in [3.05, 3.63) is 82.7 Å². The molecule has 0 N–H and O–H groups in total. The Kier molecular flexibility index (Phi) is 4.88. The molecule has 7 heteroatoms. The Morgan fingerprint density at radius 3 is 2.04 bits per heavy atom. The normalized spacial score (nSPS) is 11.0. The summed E-state index contributed by atoms with van der Waals surface area (Å²) in [6.07, 6.45) is -0.212. The average Bonchev–Trinajstić information content (AvgIpc) is 2.65. The molecule has 0 aliphatic carbocycles. The van der Waals surface area contributed by atoms with E-state index in [1.807, 2.05) is 18.2 Å². The van der Waals surface area contributed by atoms with E-state index in [1.54, 1.807) is 24.3 Å². The van der Waals surface area contributed by atoms with Crippen molar-refractivity contribution in [2.24, 2.45) is 0 Å². The molecule has 0 saturated heterocycles. The molecular formula is C19H11F5O2. The Morgan fingerprint density at radius 2 is 1.35 bits per heavy atom. The molecule has 26 heavy (non-hydrogen) atoms. The molecule has 0 bridgehead atoms. The first-order chi connectivity index (χ1) is 12.4. The van der Waals surface area contributed by atoms with E-state index >= 15 is 0 Å². The van der Waals surface area contributed by atoms with Crippen LogP contribution in [0, 0.1) is 29.1 Å². The summed E-state index contributed by atoms with van der Waals surface area (Å²) in [5.41, 5.74) is -0.571. The van der Waals surface area contributed by atoms with Crippen molar-refractivity contribution in [1.82, 2.24) is 0 Å². The molecule has 0 amide bonds. The minimum atomic E-state index is -2.26. The topological polar surface area (TPSA) is 26.3 Å². The lowest BCUT2D eigenvalue weighted by Gasteiger charge is -2.10. The van der Waals surface area contributed by atoms with Gasteiger partial charge in [0.1, 0.15) is 6.61 Å². The lowest BCUT2D eigenvalue weighted by atomic mass is 10.0. The average molecular weight is 366 g/mol. The molecule has 0 aliphatic heterocycles. The highest BCUT2D eigenvalue weighted by Gasteiger charge is 2.26. The van der Waals surface area contributed by atoms with Crippen molar-refractivity contribution in [2.45, 2.75) is 13.0 Å². The molecule has 0 saturated carbocycles. The van der Waals surface area contributed by atoms with Crippen LogP contribution < -0.4 is 0 Å². The predicted octanol–water partition coefficient (Wildman–Crippen LogP) is 4.82. The van der Waals surface area contributed by atoms with Gasteiger partial charge in [0.05, 0.1) is 12.0 Å². The second-order valence-electron chi connectivity index (χ2n) is 5.52. The summed E-state index contributed by atoms with van der Waals surface area (Å²) in [4.78, 5) is 12.0. The molecule has 0 fully saturated rings. The maximum atomic E-state index is 13.6. The van der Waals surface area contributed by atoms with Crippen LogP contribution in [0.25, 0.3) is 10.8 Å². The lowest BCUT2D eigenvalue weighted by Crippen LogP contribution is -2.13. The van der Waals surface area contributed by atoms with E-state index in [0.717, 1.165) is 10.8 Å². The highest BCUT2D eigenvalue weighted by atomic mass is 19.2. The van der Waals surface area contributed by atoms with E-state index in [1.165, 1.54) is 0 Å². The van der Waals surface area contributed by atoms with Gasteiger partial charge in [-0.25, -0.2) is 22.0 Å². The van der Waals surface area contributed by atoms with Crippen LogP contribution in [-0.2, 0) is 22.6 Å². The Bertz CT molecular complexity index is 966. The van der Waals surface area contributed by atoms with Crippen molar-refractivity contribution < 1.29 is 31.5 Å². The number of esters is 1. The molecule has 2 nitrogen and oxygen atoms in total. The van der Waals surface area contributed by atoms with E-state index in [-0.39, 0.29) is 6.42 Å². The van der Waals surface area contributed by atoms with Crippen LogP contribution in [0.15, 0.2) is 42.5 Å². The Balaban J connectivity index is 1.78. The van der Waals surface area contributed by atoms with Gasteiger partial charge in [-0.05, 0) is 16.3 Å². The minimum absolute atomic E-state index is 0.212. The van der Waals surface area contributed by atoms with Crippen LogP contribution in [0.2, 0.25) is 0 Å². The van der Waals surface area contributed by atoms with E-state index in [9.17, 15) is 26.7 Å². The largest absolute Gasteiger partial charge is 0.460 e. The van der Waals surface area contributed by atoms with Crippen molar-refractivity contribution in [3.8, 4) is 0 Å². The quantitative estimate of drug-likeness (QED) is 0.286. The van der Waals surface area contributed by atoms with Gasteiger partial charge in [0.2, 0.25) is 5.82 Å². The fourth-order valence-corrected chi connectivity index (χ4v) is 2.58. The van der Waals surface area contributed by atoms with Crippen LogP contribution in [-0.4, -0.2) is 5.97 Å². The smallest absolute Gasteiger partial charge is 0.310 e. The molecule has 0 radical (unpaired) electrons. The van der Waals surface area contributed by atoms with Crippen LogP contribution in [0.4, 0.5) is 22.0 Å². The summed E-state index contributed by atoms with van der Waals surface area (Å²) >= 11 is 0. The fourth-order valence-electron chi connectivity index (χ4n) is 2.58. The van der Waals surface area contributed by atoms with Gasteiger partial charge in [0.25, 0.3) is 0 Å². The zero-order valence-corrected chi connectivity index (χ0v) is 13.2. The molecule has 3 aromatic carbocycles. The number of halogens is 5. The van der Waals surface area contributed by atoms with E-state index in [0.29, 0.717) is 5.56 Å².